The number of furan rings is 1. The zero-order chi connectivity index (χ0) is 16.8. The molecule has 1 amide bonds. The van der Waals surface area contributed by atoms with E-state index in [9.17, 15) is 4.79 Å². The summed E-state index contributed by atoms with van der Waals surface area (Å²) in [5.41, 5.74) is 0.593. The third-order valence-corrected chi connectivity index (χ3v) is 5.15. The zero-order valence-corrected chi connectivity index (χ0v) is 14.8. The van der Waals surface area contributed by atoms with E-state index in [-0.39, 0.29) is 11.9 Å². The second kappa shape index (κ2) is 8.46. The summed E-state index contributed by atoms with van der Waals surface area (Å²) in [6.45, 7) is 6.17. The van der Waals surface area contributed by atoms with Crippen LogP contribution in [0.1, 0.15) is 46.8 Å². The smallest absolute Gasteiger partial charge is 0.255 e. The average Bonchev–Trinajstić information content (AvgIpc) is 3.27. The van der Waals surface area contributed by atoms with E-state index in [1.54, 1.807) is 17.6 Å². The molecular weight excluding hydrogens is 324 g/mol. The van der Waals surface area contributed by atoms with Crippen molar-refractivity contribution in [3.05, 3.63) is 46.0 Å². The zero-order valence-electron chi connectivity index (χ0n) is 14.0. The lowest BCUT2D eigenvalue weighted by atomic mass is 10.1. The number of carbonyl (C=O) groups is 1. The summed E-state index contributed by atoms with van der Waals surface area (Å²) in [6.07, 6.45) is 3.52. The highest BCUT2D eigenvalue weighted by atomic mass is 32.1. The summed E-state index contributed by atoms with van der Waals surface area (Å²) in [7, 11) is 0. The van der Waals surface area contributed by atoms with Crippen molar-refractivity contribution in [1.82, 2.24) is 10.2 Å². The third kappa shape index (κ3) is 4.47. The van der Waals surface area contributed by atoms with Crippen molar-refractivity contribution < 1.29 is 13.9 Å². The highest BCUT2D eigenvalue weighted by molar-refractivity contribution is 7.10. The van der Waals surface area contributed by atoms with Crippen LogP contribution in [0.25, 0.3) is 0 Å². The van der Waals surface area contributed by atoms with Crippen molar-refractivity contribution in [1.29, 1.82) is 0 Å². The van der Waals surface area contributed by atoms with Gasteiger partial charge in [0.25, 0.3) is 5.91 Å². The van der Waals surface area contributed by atoms with Crippen molar-refractivity contribution in [2.75, 3.05) is 26.3 Å². The van der Waals surface area contributed by atoms with E-state index >= 15 is 0 Å². The molecule has 24 heavy (non-hydrogen) atoms. The molecule has 3 heterocycles. The van der Waals surface area contributed by atoms with Crippen molar-refractivity contribution in [3.63, 3.8) is 0 Å². The quantitative estimate of drug-likeness (QED) is 0.833. The van der Waals surface area contributed by atoms with Gasteiger partial charge in [-0.25, -0.2) is 0 Å². The number of rotatable bonds is 7. The first-order valence-corrected chi connectivity index (χ1v) is 9.36. The molecule has 6 heteroatoms. The first kappa shape index (κ1) is 17.2. The molecule has 1 aliphatic heterocycles. The van der Waals surface area contributed by atoms with Crippen LogP contribution in [0.2, 0.25) is 0 Å². The van der Waals surface area contributed by atoms with Crippen LogP contribution in [0.15, 0.2) is 34.3 Å². The minimum atomic E-state index is -0.0705. The lowest BCUT2D eigenvalue weighted by Crippen LogP contribution is -2.35. The Labute approximate surface area is 146 Å². The summed E-state index contributed by atoms with van der Waals surface area (Å²) in [6, 6.07) is 6.01. The van der Waals surface area contributed by atoms with E-state index in [1.807, 2.05) is 17.5 Å². The van der Waals surface area contributed by atoms with Gasteiger partial charge in [0.05, 0.1) is 31.4 Å². The van der Waals surface area contributed by atoms with Gasteiger partial charge < -0.3 is 14.5 Å². The fourth-order valence-electron chi connectivity index (χ4n) is 2.87. The van der Waals surface area contributed by atoms with Crippen molar-refractivity contribution in [2.45, 2.75) is 32.4 Å². The Morgan fingerprint density at radius 3 is 2.96 bits per heavy atom. The topological polar surface area (TPSA) is 54.7 Å². The van der Waals surface area contributed by atoms with Crippen LogP contribution < -0.4 is 5.32 Å². The molecule has 1 fully saturated rings. The Morgan fingerprint density at radius 1 is 1.42 bits per heavy atom. The maximum Gasteiger partial charge on any atom is 0.255 e. The van der Waals surface area contributed by atoms with Gasteiger partial charge in [0, 0.05) is 18.0 Å². The molecule has 0 radical (unpaired) electrons. The van der Waals surface area contributed by atoms with Gasteiger partial charge >= 0.3 is 0 Å². The third-order valence-electron chi connectivity index (χ3n) is 4.17. The molecule has 1 saturated heterocycles. The molecule has 0 bridgehead atoms. The Kier molecular flexibility index (Phi) is 6.07. The second-order valence-electron chi connectivity index (χ2n) is 6.02. The average molecular weight is 348 g/mol. The Morgan fingerprint density at radius 2 is 2.25 bits per heavy atom. The molecule has 2 aromatic heterocycles. The number of nitrogens with one attached hydrogen (secondary N) is 1. The molecule has 1 atom stereocenters. The highest BCUT2D eigenvalue weighted by Gasteiger charge is 2.19. The Balaban J connectivity index is 1.60. The highest BCUT2D eigenvalue weighted by Crippen LogP contribution is 2.24. The van der Waals surface area contributed by atoms with Crippen molar-refractivity contribution >= 4 is 17.2 Å². The van der Waals surface area contributed by atoms with Crippen LogP contribution in [0.5, 0.6) is 0 Å². The molecule has 0 aliphatic carbocycles. The van der Waals surface area contributed by atoms with Gasteiger partial charge in [0.2, 0.25) is 0 Å². The maximum absolute atomic E-state index is 12.5. The summed E-state index contributed by atoms with van der Waals surface area (Å²) >= 11 is 1.68. The number of thiophene rings is 1. The first-order chi connectivity index (χ1) is 11.8. The van der Waals surface area contributed by atoms with Gasteiger partial charge in [-0.15, -0.1) is 11.3 Å². The Bertz CT molecular complexity index is 632. The van der Waals surface area contributed by atoms with E-state index in [4.69, 9.17) is 9.15 Å². The lowest BCUT2D eigenvalue weighted by molar-refractivity contribution is 0.0313. The number of amides is 1. The predicted molar refractivity (Wildman–Crippen MR) is 94.2 cm³/mol. The minimum absolute atomic E-state index is 0.0695. The number of nitrogens with zero attached hydrogens (tertiary/aromatic N) is 1. The van der Waals surface area contributed by atoms with Gasteiger partial charge in [0.15, 0.2) is 0 Å². The number of hydrogen-bond acceptors (Lipinski definition) is 5. The maximum atomic E-state index is 12.5. The predicted octanol–water partition coefficient (Wildman–Crippen LogP) is 3.44. The standard InChI is InChI=1S/C18H24N2O3S/c1-2-4-16(17-5-3-10-24-17)19-18(21)14-11-15(23-13-14)12-20-6-8-22-9-7-20/h3,5,10-11,13,16H,2,4,6-9,12H2,1H3,(H,19,21). The van der Waals surface area contributed by atoms with Gasteiger partial charge in [0.1, 0.15) is 12.0 Å². The molecule has 1 N–H and O–H groups in total. The van der Waals surface area contributed by atoms with Crippen LogP contribution in [0.3, 0.4) is 0 Å². The normalized spacial score (nSPS) is 16.9. The molecule has 2 aromatic rings. The fraction of sp³-hybridized carbons (Fsp3) is 0.500. The van der Waals surface area contributed by atoms with Gasteiger partial charge in [-0.2, -0.15) is 0 Å². The summed E-state index contributed by atoms with van der Waals surface area (Å²) in [4.78, 5) is 16.0. The van der Waals surface area contributed by atoms with Crippen molar-refractivity contribution in [2.24, 2.45) is 0 Å². The van der Waals surface area contributed by atoms with E-state index < -0.39 is 0 Å². The number of ether oxygens (including phenoxy) is 1. The van der Waals surface area contributed by atoms with Gasteiger partial charge in [-0.1, -0.05) is 19.4 Å². The SMILES string of the molecule is CCCC(NC(=O)c1coc(CN2CCOCC2)c1)c1cccs1. The molecular formula is C18H24N2O3S. The number of hydrogen-bond donors (Lipinski definition) is 1. The molecule has 1 aliphatic rings. The molecule has 0 aromatic carbocycles. The van der Waals surface area contributed by atoms with Crippen LogP contribution in [-0.2, 0) is 11.3 Å². The van der Waals surface area contributed by atoms with E-state index in [2.05, 4.69) is 23.2 Å². The molecule has 1 unspecified atom stereocenters. The molecule has 130 valence electrons. The van der Waals surface area contributed by atoms with E-state index in [0.717, 1.165) is 51.4 Å². The van der Waals surface area contributed by atoms with Crippen LogP contribution >= 0.6 is 11.3 Å². The summed E-state index contributed by atoms with van der Waals surface area (Å²) in [5, 5.41) is 5.18. The first-order valence-electron chi connectivity index (χ1n) is 8.48. The summed E-state index contributed by atoms with van der Waals surface area (Å²) < 4.78 is 10.9. The van der Waals surface area contributed by atoms with Crippen molar-refractivity contribution in [3.8, 4) is 0 Å². The largest absolute Gasteiger partial charge is 0.467 e. The minimum Gasteiger partial charge on any atom is -0.467 e. The lowest BCUT2D eigenvalue weighted by Gasteiger charge is -2.25. The van der Waals surface area contributed by atoms with Gasteiger partial charge in [-0.05, 0) is 23.9 Å². The van der Waals surface area contributed by atoms with Crippen LogP contribution in [0.4, 0.5) is 0 Å². The molecule has 5 nitrogen and oxygen atoms in total. The van der Waals surface area contributed by atoms with Crippen LogP contribution in [0, 0.1) is 0 Å². The fourth-order valence-corrected chi connectivity index (χ4v) is 3.68. The number of morpholine rings is 1. The van der Waals surface area contributed by atoms with Gasteiger partial charge in [-0.3, -0.25) is 9.69 Å². The molecule has 0 spiro atoms. The van der Waals surface area contributed by atoms with E-state index in [1.165, 1.54) is 4.88 Å². The Hall–Kier alpha value is -1.63. The monoisotopic (exact) mass is 348 g/mol. The number of carbonyl (C=O) groups excluding carboxylic acids is 1. The van der Waals surface area contributed by atoms with E-state index in [0.29, 0.717) is 5.56 Å². The summed E-state index contributed by atoms with van der Waals surface area (Å²) in [5.74, 6) is 0.754. The molecule has 0 saturated carbocycles. The van der Waals surface area contributed by atoms with Crippen LogP contribution in [-0.4, -0.2) is 37.1 Å². The second-order valence-corrected chi connectivity index (χ2v) is 7.00. The molecule has 3 rings (SSSR count).